The summed E-state index contributed by atoms with van der Waals surface area (Å²) in [5.74, 6) is -1.21. The lowest BCUT2D eigenvalue weighted by Crippen LogP contribution is -2.08. The normalized spacial score (nSPS) is 9.56. The number of nitrogens with zero attached hydrogens (tertiary/aromatic N) is 4. The number of carbonyl (C=O) groups excluding carboxylic acids is 1. The predicted octanol–water partition coefficient (Wildman–Crippen LogP) is 2.68. The number of hydrogen-bond donors (Lipinski definition) is 1. The van der Waals surface area contributed by atoms with Crippen LogP contribution in [0.3, 0.4) is 0 Å². The molecule has 142 valence electrons. The van der Waals surface area contributed by atoms with Crippen LogP contribution in [0.4, 0.5) is 22.7 Å². The fourth-order valence-electron chi connectivity index (χ4n) is 1.82. The molecule has 2 aromatic carbocycles. The van der Waals surface area contributed by atoms with E-state index in [0.717, 1.165) is 17.5 Å². The van der Waals surface area contributed by atoms with Crippen molar-refractivity contribution >= 4 is 29.0 Å². The largest absolute Gasteiger partial charge is 0.497 e. The van der Waals surface area contributed by atoms with Crippen molar-refractivity contribution in [3.63, 3.8) is 0 Å². The first-order chi connectivity index (χ1) is 12.6. The molecule has 0 radical (unpaired) electrons. The van der Waals surface area contributed by atoms with Crippen molar-refractivity contribution in [3.05, 3.63) is 72.3 Å². The maximum Gasteiger partial charge on any atom is 0.324 e. The third kappa shape index (κ3) is 5.45. The number of phenolic OH excluding ortho intramolecular Hbond substituents is 1. The number of benzene rings is 2. The zero-order valence-corrected chi connectivity index (χ0v) is 14.1. The predicted molar refractivity (Wildman–Crippen MR) is 94.2 cm³/mol. The van der Waals surface area contributed by atoms with E-state index >= 15 is 0 Å². The molecule has 2 aromatic rings. The first-order valence-electron chi connectivity index (χ1n) is 7.11. The average molecular weight is 378 g/mol. The van der Waals surface area contributed by atoms with Crippen LogP contribution in [0.5, 0.6) is 5.75 Å². The quantitative estimate of drug-likeness (QED) is 0.466. The molecule has 0 saturated heterocycles. The van der Waals surface area contributed by atoms with Crippen LogP contribution in [0, 0.1) is 30.3 Å². The second-order valence-corrected chi connectivity index (χ2v) is 5.21. The Kier molecular flexibility index (Phi) is 6.86. The Hall–Kier alpha value is -4.09. The number of aromatic hydroxyl groups is 1. The molecule has 0 saturated carbocycles. The van der Waals surface area contributed by atoms with Crippen LogP contribution in [0.2, 0.25) is 0 Å². The van der Waals surface area contributed by atoms with E-state index in [1.54, 1.807) is 0 Å². The summed E-state index contributed by atoms with van der Waals surface area (Å²) in [5, 5.41) is 40.2. The number of carbonyl (C=O) groups is 1. The molecule has 0 fully saturated rings. The van der Waals surface area contributed by atoms with Gasteiger partial charge in [-0.2, -0.15) is 0 Å². The fourth-order valence-corrected chi connectivity index (χ4v) is 1.82. The molecule has 2 rings (SSSR count). The van der Waals surface area contributed by atoms with E-state index in [1.165, 1.54) is 0 Å². The average Bonchev–Trinajstić information content (AvgIpc) is 2.61. The summed E-state index contributed by atoms with van der Waals surface area (Å²) in [7, 11) is 3.94. The highest BCUT2D eigenvalue weighted by Gasteiger charge is 2.30. The number of nitro groups is 3. The second kappa shape index (κ2) is 8.84. The van der Waals surface area contributed by atoms with Gasteiger partial charge in [-0.25, -0.2) is 0 Å². The molecule has 27 heavy (non-hydrogen) atoms. The zero-order chi connectivity index (χ0) is 20.7. The molecule has 0 unspecified atom stereocenters. The molecule has 1 N–H and O–H groups in total. The van der Waals surface area contributed by atoms with E-state index in [-0.39, 0.29) is 0 Å². The van der Waals surface area contributed by atoms with Crippen LogP contribution in [0.15, 0.2) is 36.4 Å². The highest BCUT2D eigenvalue weighted by Crippen LogP contribution is 2.38. The van der Waals surface area contributed by atoms with Crippen LogP contribution in [-0.4, -0.2) is 40.3 Å². The van der Waals surface area contributed by atoms with Crippen molar-refractivity contribution in [1.29, 1.82) is 0 Å². The Morgan fingerprint density at radius 1 is 0.889 bits per heavy atom. The number of rotatable bonds is 5. The molecule has 0 atom stereocenters. The zero-order valence-electron chi connectivity index (χ0n) is 14.1. The van der Waals surface area contributed by atoms with E-state index in [1.807, 2.05) is 43.3 Å². The third-order valence-corrected chi connectivity index (χ3v) is 3.20. The lowest BCUT2D eigenvalue weighted by molar-refractivity contribution is -0.404. The summed E-state index contributed by atoms with van der Waals surface area (Å²) in [6, 6.07) is 8.35. The summed E-state index contributed by atoms with van der Waals surface area (Å²) >= 11 is 0. The molecule has 0 spiro atoms. The third-order valence-electron chi connectivity index (χ3n) is 3.20. The van der Waals surface area contributed by atoms with Crippen LogP contribution in [0.25, 0.3) is 0 Å². The van der Waals surface area contributed by atoms with Crippen molar-refractivity contribution in [1.82, 2.24) is 0 Å². The summed E-state index contributed by atoms with van der Waals surface area (Å²) in [6.07, 6.45) is 0.847. The summed E-state index contributed by atoms with van der Waals surface area (Å²) in [5.41, 5.74) is -1.18. The van der Waals surface area contributed by atoms with Gasteiger partial charge in [-0.15, -0.1) is 0 Å². The summed E-state index contributed by atoms with van der Waals surface area (Å²) in [6.45, 7) is 0. The molecule has 0 aliphatic rings. The van der Waals surface area contributed by atoms with Crippen molar-refractivity contribution in [2.75, 3.05) is 19.0 Å². The molecule has 0 aliphatic heterocycles. The lowest BCUT2D eigenvalue weighted by Gasteiger charge is -2.11. The topological polar surface area (TPSA) is 170 Å². The maximum atomic E-state index is 10.4. The van der Waals surface area contributed by atoms with Gasteiger partial charge < -0.3 is 10.0 Å². The molecular weight excluding hydrogens is 364 g/mol. The number of phenols is 1. The van der Waals surface area contributed by atoms with Crippen molar-refractivity contribution in [2.24, 2.45) is 0 Å². The monoisotopic (exact) mass is 378 g/mol. The number of anilines is 1. The molecular formula is C15H14N4O8. The highest BCUT2D eigenvalue weighted by atomic mass is 16.6. The van der Waals surface area contributed by atoms with E-state index in [2.05, 4.69) is 0 Å². The van der Waals surface area contributed by atoms with Crippen molar-refractivity contribution < 1.29 is 24.7 Å². The molecule has 0 aliphatic carbocycles. The van der Waals surface area contributed by atoms with Gasteiger partial charge in [-0.1, -0.05) is 0 Å². The Balaban J connectivity index is 0.000000289. The van der Waals surface area contributed by atoms with Crippen LogP contribution in [-0.2, 0) is 0 Å². The molecule has 12 heteroatoms. The van der Waals surface area contributed by atoms with Gasteiger partial charge in [0.1, 0.15) is 6.29 Å². The fraction of sp³-hybridized carbons (Fsp3) is 0.133. The van der Waals surface area contributed by atoms with Crippen LogP contribution < -0.4 is 4.90 Å². The van der Waals surface area contributed by atoms with Crippen LogP contribution >= 0.6 is 0 Å². The highest BCUT2D eigenvalue weighted by molar-refractivity contribution is 5.75. The van der Waals surface area contributed by atoms with Gasteiger partial charge in [0.2, 0.25) is 0 Å². The Morgan fingerprint density at radius 2 is 1.33 bits per heavy atom. The van der Waals surface area contributed by atoms with Gasteiger partial charge in [0.15, 0.2) is 0 Å². The summed E-state index contributed by atoms with van der Waals surface area (Å²) < 4.78 is 0. The minimum atomic E-state index is -1.21. The Morgan fingerprint density at radius 3 is 1.63 bits per heavy atom. The van der Waals surface area contributed by atoms with E-state index < -0.39 is 37.6 Å². The van der Waals surface area contributed by atoms with Gasteiger partial charge in [0.05, 0.1) is 26.9 Å². The SMILES string of the molecule is CN(C)c1ccc(C=O)cc1.O=[N+]([O-])c1cc([N+](=O)[O-])c(O)c([N+](=O)[O-])c1. The van der Waals surface area contributed by atoms with E-state index in [4.69, 9.17) is 5.11 Å². The number of hydrogen-bond acceptors (Lipinski definition) is 9. The van der Waals surface area contributed by atoms with Gasteiger partial charge in [-0.3, -0.25) is 35.1 Å². The number of nitro benzene ring substituents is 3. The van der Waals surface area contributed by atoms with Crippen molar-refractivity contribution in [2.45, 2.75) is 0 Å². The maximum absolute atomic E-state index is 10.4. The minimum Gasteiger partial charge on any atom is -0.497 e. The first kappa shape index (κ1) is 21.0. The minimum absolute atomic E-state index is 0.447. The molecule has 0 heterocycles. The lowest BCUT2D eigenvalue weighted by atomic mass is 10.2. The summed E-state index contributed by atoms with van der Waals surface area (Å²) in [4.78, 5) is 40.0. The van der Waals surface area contributed by atoms with Gasteiger partial charge in [-0.05, 0) is 24.3 Å². The smallest absolute Gasteiger partial charge is 0.324 e. The van der Waals surface area contributed by atoms with E-state index in [9.17, 15) is 35.1 Å². The molecule has 0 bridgehead atoms. The first-order valence-corrected chi connectivity index (χ1v) is 7.11. The Labute approximate surface area is 151 Å². The number of aldehydes is 1. The van der Waals surface area contributed by atoms with E-state index in [0.29, 0.717) is 12.1 Å². The van der Waals surface area contributed by atoms with Crippen molar-refractivity contribution in [3.8, 4) is 5.75 Å². The molecule has 12 nitrogen and oxygen atoms in total. The Bertz CT molecular complexity index is 845. The molecule has 0 aromatic heterocycles. The number of non-ortho nitro benzene ring substituents is 1. The second-order valence-electron chi connectivity index (χ2n) is 5.21. The van der Waals surface area contributed by atoms with Gasteiger partial charge >= 0.3 is 11.4 Å². The van der Waals surface area contributed by atoms with Gasteiger partial charge in [0.25, 0.3) is 11.4 Å². The van der Waals surface area contributed by atoms with Gasteiger partial charge in [0, 0.05) is 25.3 Å². The standard InChI is InChI=1S/C9H11NO.C6H3N3O7/c1-10(2)9-5-3-8(7-11)4-6-9;10-6-4(8(13)14)1-3(7(11)12)2-5(6)9(15)16/h3-7H,1-2H3;1-2,10H. The molecule has 0 amide bonds. The van der Waals surface area contributed by atoms with Crippen LogP contribution in [0.1, 0.15) is 10.4 Å².